The second-order valence-corrected chi connectivity index (χ2v) is 10.0. The third-order valence-electron chi connectivity index (χ3n) is 7.49. The van der Waals surface area contributed by atoms with Crippen molar-refractivity contribution >= 4 is 12.1 Å². The molecular formula is C25H31F3N5O4+. The molecule has 1 unspecified atom stereocenters. The number of aromatic nitrogens is 1. The number of nitrogens with zero attached hydrogens (tertiary/aromatic N) is 3. The molecule has 2 heterocycles. The lowest BCUT2D eigenvalue weighted by Crippen LogP contribution is -2.69. The highest BCUT2D eigenvalue weighted by molar-refractivity contribution is 5.74. The summed E-state index contributed by atoms with van der Waals surface area (Å²) in [6.45, 7) is 1.34. The standard InChI is InChI=1S/C25H30F3N5O4/c1-29-23(34)32-11-3-5-19(15-32)33(17-7-8-17,18-9-10-18)24(35)30-14-21-13-22(31-37-21)16-4-2-6-20(12-16)36-25(26,27)28/h2,4,6,12-13,17-19H,3,5,7-11,14-15H2,1H3,(H-,29,30,34,35)/p+1. The molecule has 1 aliphatic heterocycles. The highest BCUT2D eigenvalue weighted by atomic mass is 19.4. The van der Waals surface area contributed by atoms with Gasteiger partial charge in [0.1, 0.15) is 17.5 Å². The van der Waals surface area contributed by atoms with Crippen LogP contribution in [0, 0.1) is 0 Å². The SMILES string of the molecule is CNC(=O)N1CCCC([N+](C(=O)NCc2cc(-c3cccc(OC(F)(F)F)c3)no2)(C2CC2)C2CC2)C1. The summed E-state index contributed by atoms with van der Waals surface area (Å²) in [4.78, 5) is 28.0. The van der Waals surface area contributed by atoms with Gasteiger partial charge in [-0.2, -0.15) is 0 Å². The van der Waals surface area contributed by atoms with Gasteiger partial charge in [0, 0.05) is 57.3 Å². The molecule has 1 aromatic heterocycles. The number of carbonyl (C=O) groups excluding carboxylic acids is 2. The van der Waals surface area contributed by atoms with Gasteiger partial charge in [0.2, 0.25) is 0 Å². The van der Waals surface area contributed by atoms with E-state index in [2.05, 4.69) is 20.5 Å². The number of hydrogen-bond donors (Lipinski definition) is 2. The molecule has 0 bridgehead atoms. The number of nitrogens with one attached hydrogen (secondary N) is 2. The van der Waals surface area contributed by atoms with Crippen LogP contribution in [0.25, 0.3) is 11.3 Å². The van der Waals surface area contributed by atoms with Gasteiger partial charge in [0.05, 0.1) is 25.2 Å². The molecule has 4 amide bonds. The lowest BCUT2D eigenvalue weighted by atomic mass is 10.00. The Balaban J connectivity index is 1.29. The number of amides is 4. The number of alkyl halides is 3. The van der Waals surface area contributed by atoms with Crippen molar-refractivity contribution in [1.29, 1.82) is 0 Å². The highest BCUT2D eigenvalue weighted by Gasteiger charge is 2.63. The first kappa shape index (κ1) is 25.4. The van der Waals surface area contributed by atoms with E-state index in [1.54, 1.807) is 24.1 Å². The van der Waals surface area contributed by atoms with Gasteiger partial charge in [-0.1, -0.05) is 17.3 Å². The maximum atomic E-state index is 13.9. The molecule has 1 saturated heterocycles. The molecule has 0 spiro atoms. The topological polar surface area (TPSA) is 96.7 Å². The minimum absolute atomic E-state index is 0.0349. The number of hydrogen-bond acceptors (Lipinski definition) is 5. The van der Waals surface area contributed by atoms with Crippen LogP contribution in [0.15, 0.2) is 34.9 Å². The molecule has 5 rings (SSSR count). The van der Waals surface area contributed by atoms with Crippen LogP contribution in [-0.2, 0) is 6.54 Å². The number of halogens is 3. The molecule has 3 aliphatic rings. The lowest BCUT2D eigenvalue weighted by Gasteiger charge is -2.46. The third-order valence-corrected chi connectivity index (χ3v) is 7.49. The van der Waals surface area contributed by atoms with E-state index in [9.17, 15) is 22.8 Å². The molecule has 37 heavy (non-hydrogen) atoms. The minimum atomic E-state index is -4.79. The van der Waals surface area contributed by atoms with Crippen LogP contribution >= 0.6 is 0 Å². The number of ether oxygens (including phenoxy) is 1. The van der Waals surface area contributed by atoms with Crippen LogP contribution in [0.3, 0.4) is 0 Å². The molecular weight excluding hydrogens is 491 g/mol. The van der Waals surface area contributed by atoms with Crippen LogP contribution in [-0.4, -0.2) is 71.2 Å². The third kappa shape index (κ3) is 5.39. The molecule has 3 fully saturated rings. The van der Waals surface area contributed by atoms with E-state index < -0.39 is 6.36 Å². The monoisotopic (exact) mass is 522 g/mol. The van der Waals surface area contributed by atoms with Crippen LogP contribution in [0.5, 0.6) is 5.75 Å². The van der Waals surface area contributed by atoms with Crippen LogP contribution in [0.1, 0.15) is 44.3 Å². The number of piperidine rings is 1. The lowest BCUT2D eigenvalue weighted by molar-refractivity contribution is -0.897. The summed E-state index contributed by atoms with van der Waals surface area (Å²) in [7, 11) is 1.62. The van der Waals surface area contributed by atoms with Crippen molar-refractivity contribution < 1.29 is 36.5 Å². The maximum Gasteiger partial charge on any atom is 0.573 e. The van der Waals surface area contributed by atoms with E-state index in [0.717, 1.165) is 38.5 Å². The molecule has 2 aromatic rings. The first-order valence-electron chi connectivity index (χ1n) is 12.7. The average molecular weight is 523 g/mol. The number of benzene rings is 1. The average Bonchev–Trinajstić information content (AvgIpc) is 3.82. The molecule has 1 atom stereocenters. The highest BCUT2D eigenvalue weighted by Crippen LogP contribution is 2.48. The van der Waals surface area contributed by atoms with Gasteiger partial charge in [-0.05, 0) is 18.6 Å². The van der Waals surface area contributed by atoms with Gasteiger partial charge in [-0.25, -0.2) is 14.1 Å². The second-order valence-electron chi connectivity index (χ2n) is 10.0. The zero-order chi connectivity index (χ0) is 26.2. The summed E-state index contributed by atoms with van der Waals surface area (Å²) in [5, 5.41) is 9.72. The van der Waals surface area contributed by atoms with Crippen molar-refractivity contribution in [3.63, 3.8) is 0 Å². The minimum Gasteiger partial charge on any atom is -0.406 e. The molecule has 200 valence electrons. The Morgan fingerprint density at radius 1 is 1.14 bits per heavy atom. The predicted octanol–water partition coefficient (Wildman–Crippen LogP) is 4.40. The van der Waals surface area contributed by atoms with Crippen molar-refractivity contribution in [1.82, 2.24) is 20.7 Å². The Morgan fingerprint density at radius 2 is 1.86 bits per heavy atom. The Hall–Kier alpha value is -3.28. The number of rotatable bonds is 7. The number of carbonyl (C=O) groups is 2. The molecule has 1 aromatic carbocycles. The van der Waals surface area contributed by atoms with Crippen molar-refractivity contribution in [2.24, 2.45) is 0 Å². The molecule has 12 heteroatoms. The summed E-state index contributed by atoms with van der Waals surface area (Å²) in [6.07, 6.45) is 0.907. The number of urea groups is 2. The van der Waals surface area contributed by atoms with Gasteiger partial charge in [0.15, 0.2) is 5.76 Å². The largest absolute Gasteiger partial charge is 0.573 e. The van der Waals surface area contributed by atoms with E-state index in [1.807, 2.05) is 0 Å². The van der Waals surface area contributed by atoms with Gasteiger partial charge < -0.3 is 19.5 Å². The molecule has 2 N–H and O–H groups in total. The van der Waals surface area contributed by atoms with Crippen molar-refractivity contribution in [3.8, 4) is 17.0 Å². The zero-order valence-electron chi connectivity index (χ0n) is 20.6. The van der Waals surface area contributed by atoms with Crippen LogP contribution < -0.4 is 15.4 Å². The summed E-state index contributed by atoms with van der Waals surface area (Å²) >= 11 is 0. The molecule has 2 aliphatic carbocycles. The van der Waals surface area contributed by atoms with E-state index in [1.165, 1.54) is 18.2 Å². The summed E-state index contributed by atoms with van der Waals surface area (Å²) in [5.41, 5.74) is 0.746. The smallest absolute Gasteiger partial charge is 0.406 e. The van der Waals surface area contributed by atoms with Gasteiger partial charge >= 0.3 is 18.4 Å². The zero-order valence-corrected chi connectivity index (χ0v) is 20.6. The Labute approximate surface area is 212 Å². The normalized spacial score (nSPS) is 20.4. The summed E-state index contributed by atoms with van der Waals surface area (Å²) in [6, 6.07) is 7.45. The van der Waals surface area contributed by atoms with Gasteiger partial charge in [0.25, 0.3) is 0 Å². The van der Waals surface area contributed by atoms with Crippen molar-refractivity contribution in [2.45, 2.75) is 69.6 Å². The quantitative estimate of drug-likeness (QED) is 0.526. The Morgan fingerprint density at radius 3 is 2.51 bits per heavy atom. The van der Waals surface area contributed by atoms with Crippen LogP contribution in [0.2, 0.25) is 0 Å². The van der Waals surface area contributed by atoms with E-state index in [0.29, 0.717) is 34.6 Å². The summed E-state index contributed by atoms with van der Waals surface area (Å²) in [5.74, 6) is 0.0444. The van der Waals surface area contributed by atoms with E-state index >= 15 is 0 Å². The fraction of sp³-hybridized carbons (Fsp3) is 0.560. The van der Waals surface area contributed by atoms with Gasteiger partial charge in [-0.3, -0.25) is 5.32 Å². The van der Waals surface area contributed by atoms with Crippen LogP contribution in [0.4, 0.5) is 22.8 Å². The van der Waals surface area contributed by atoms with Crippen molar-refractivity contribution in [3.05, 3.63) is 36.1 Å². The molecule has 9 nitrogen and oxygen atoms in total. The van der Waals surface area contributed by atoms with Crippen molar-refractivity contribution in [2.75, 3.05) is 20.1 Å². The Bertz CT molecular complexity index is 1130. The molecule has 2 saturated carbocycles. The first-order valence-corrected chi connectivity index (χ1v) is 12.7. The van der Waals surface area contributed by atoms with E-state index in [4.69, 9.17) is 4.52 Å². The number of quaternary nitrogens is 1. The first-order chi connectivity index (χ1) is 17.7. The van der Waals surface area contributed by atoms with E-state index in [-0.39, 0.29) is 42.5 Å². The Kier molecular flexibility index (Phi) is 6.78. The molecule has 0 radical (unpaired) electrons. The fourth-order valence-electron chi connectivity index (χ4n) is 5.73. The van der Waals surface area contributed by atoms with Gasteiger partial charge in [-0.15, -0.1) is 13.2 Å². The fourth-order valence-corrected chi connectivity index (χ4v) is 5.73. The number of likely N-dealkylation sites (tertiary alicyclic amines) is 1. The predicted molar refractivity (Wildman–Crippen MR) is 126 cm³/mol. The second kappa shape index (κ2) is 9.88. The summed E-state index contributed by atoms with van der Waals surface area (Å²) < 4.78 is 47.4. The maximum absolute atomic E-state index is 13.9.